The lowest BCUT2D eigenvalue weighted by Crippen LogP contribution is -2.50. The van der Waals surface area contributed by atoms with Crippen LogP contribution >= 0.6 is 0 Å². The van der Waals surface area contributed by atoms with Crippen molar-refractivity contribution in [3.05, 3.63) is 29.3 Å². The molecule has 148 valence electrons. The van der Waals surface area contributed by atoms with Crippen LogP contribution in [0.5, 0.6) is 0 Å². The fourth-order valence-corrected chi connectivity index (χ4v) is 3.60. The number of nitrogens with zero attached hydrogens (tertiary/aromatic N) is 3. The highest BCUT2D eigenvalue weighted by Crippen LogP contribution is 2.34. The van der Waals surface area contributed by atoms with Crippen LogP contribution in [-0.4, -0.2) is 60.4 Å². The van der Waals surface area contributed by atoms with Gasteiger partial charge in [-0.25, -0.2) is 0 Å². The van der Waals surface area contributed by atoms with Crippen molar-refractivity contribution in [2.75, 3.05) is 37.6 Å². The standard InChI is InChI=1S/C19H24F3N3O2/c1-13(2)23-6-8-24(9-7-23)18(27)14-10-15(19(20,21)22)12-16(11-14)25-5-3-4-17(25)26/h10-13H,3-9H2,1-2H3. The second kappa shape index (κ2) is 7.50. The largest absolute Gasteiger partial charge is 0.416 e. The van der Waals surface area contributed by atoms with Crippen molar-refractivity contribution in [2.24, 2.45) is 0 Å². The summed E-state index contributed by atoms with van der Waals surface area (Å²) in [5.41, 5.74) is -0.766. The van der Waals surface area contributed by atoms with Crippen LogP contribution < -0.4 is 4.90 Å². The molecule has 27 heavy (non-hydrogen) atoms. The first-order valence-corrected chi connectivity index (χ1v) is 9.23. The first-order chi connectivity index (χ1) is 12.7. The zero-order valence-corrected chi connectivity index (χ0v) is 15.6. The fourth-order valence-electron chi connectivity index (χ4n) is 3.60. The van der Waals surface area contributed by atoms with E-state index in [-0.39, 0.29) is 17.2 Å². The summed E-state index contributed by atoms with van der Waals surface area (Å²) in [6.45, 7) is 6.87. The smallest absolute Gasteiger partial charge is 0.336 e. The van der Waals surface area contributed by atoms with Gasteiger partial charge in [0.1, 0.15) is 0 Å². The van der Waals surface area contributed by atoms with Crippen LogP contribution in [0.3, 0.4) is 0 Å². The number of hydrogen-bond acceptors (Lipinski definition) is 3. The van der Waals surface area contributed by atoms with E-state index >= 15 is 0 Å². The minimum Gasteiger partial charge on any atom is -0.336 e. The number of alkyl halides is 3. The summed E-state index contributed by atoms with van der Waals surface area (Å²) < 4.78 is 40.0. The molecule has 1 aromatic carbocycles. The molecule has 0 aromatic heterocycles. The Morgan fingerprint density at radius 2 is 1.70 bits per heavy atom. The van der Waals surface area contributed by atoms with Crippen molar-refractivity contribution in [1.82, 2.24) is 9.80 Å². The van der Waals surface area contributed by atoms with Gasteiger partial charge in [-0.3, -0.25) is 14.5 Å². The minimum absolute atomic E-state index is 0.0162. The maximum absolute atomic E-state index is 13.3. The van der Waals surface area contributed by atoms with Gasteiger partial charge >= 0.3 is 6.18 Å². The molecule has 2 saturated heterocycles. The topological polar surface area (TPSA) is 43.9 Å². The van der Waals surface area contributed by atoms with E-state index in [2.05, 4.69) is 18.7 Å². The number of halogens is 3. The van der Waals surface area contributed by atoms with E-state index in [4.69, 9.17) is 0 Å². The molecule has 0 radical (unpaired) electrons. The quantitative estimate of drug-likeness (QED) is 0.806. The highest BCUT2D eigenvalue weighted by atomic mass is 19.4. The van der Waals surface area contributed by atoms with Crippen LogP contribution in [-0.2, 0) is 11.0 Å². The molecular weight excluding hydrogens is 359 g/mol. The van der Waals surface area contributed by atoms with Gasteiger partial charge in [0.25, 0.3) is 5.91 Å². The van der Waals surface area contributed by atoms with Crippen LogP contribution in [0.25, 0.3) is 0 Å². The number of benzene rings is 1. The first kappa shape index (κ1) is 19.7. The Labute approximate surface area is 156 Å². The number of piperazine rings is 1. The Balaban J connectivity index is 1.88. The molecule has 0 atom stereocenters. The predicted molar refractivity (Wildman–Crippen MR) is 95.6 cm³/mol. The second-order valence-electron chi connectivity index (χ2n) is 7.34. The summed E-state index contributed by atoms with van der Waals surface area (Å²) in [5, 5.41) is 0. The highest BCUT2D eigenvalue weighted by Gasteiger charge is 2.34. The number of amides is 2. The number of hydrogen-bond donors (Lipinski definition) is 0. The third-order valence-corrected chi connectivity index (χ3v) is 5.21. The number of rotatable bonds is 3. The van der Waals surface area contributed by atoms with Gasteiger partial charge in [-0.15, -0.1) is 0 Å². The average molecular weight is 383 g/mol. The maximum atomic E-state index is 13.3. The molecule has 2 fully saturated rings. The number of carbonyl (C=O) groups excluding carboxylic acids is 2. The van der Waals surface area contributed by atoms with Crippen molar-refractivity contribution in [3.8, 4) is 0 Å². The summed E-state index contributed by atoms with van der Waals surface area (Å²) >= 11 is 0. The molecule has 2 aliphatic rings. The summed E-state index contributed by atoms with van der Waals surface area (Å²) in [7, 11) is 0. The lowest BCUT2D eigenvalue weighted by molar-refractivity contribution is -0.137. The molecule has 2 aliphatic heterocycles. The molecule has 0 N–H and O–H groups in total. The van der Waals surface area contributed by atoms with Crippen molar-refractivity contribution in [3.63, 3.8) is 0 Å². The first-order valence-electron chi connectivity index (χ1n) is 9.23. The molecule has 0 bridgehead atoms. The van der Waals surface area contributed by atoms with Gasteiger partial charge in [-0.05, 0) is 38.5 Å². The Bertz CT molecular complexity index is 725. The van der Waals surface area contributed by atoms with Crippen LogP contribution in [0.15, 0.2) is 18.2 Å². The molecule has 3 rings (SSSR count). The maximum Gasteiger partial charge on any atom is 0.416 e. The van der Waals surface area contributed by atoms with E-state index in [0.29, 0.717) is 51.6 Å². The van der Waals surface area contributed by atoms with Gasteiger partial charge in [-0.1, -0.05) is 0 Å². The van der Waals surface area contributed by atoms with Gasteiger partial charge in [0.05, 0.1) is 5.56 Å². The van der Waals surface area contributed by atoms with E-state index in [9.17, 15) is 22.8 Å². The van der Waals surface area contributed by atoms with Crippen molar-refractivity contribution in [2.45, 2.75) is 38.9 Å². The van der Waals surface area contributed by atoms with Gasteiger partial charge in [0.2, 0.25) is 5.91 Å². The fraction of sp³-hybridized carbons (Fsp3) is 0.579. The van der Waals surface area contributed by atoms with E-state index in [1.807, 2.05) is 0 Å². The lowest BCUT2D eigenvalue weighted by atomic mass is 10.1. The molecular formula is C19H24F3N3O2. The van der Waals surface area contributed by atoms with Gasteiger partial charge < -0.3 is 9.80 Å². The lowest BCUT2D eigenvalue weighted by Gasteiger charge is -2.37. The Kier molecular flexibility index (Phi) is 5.46. The minimum atomic E-state index is -4.58. The van der Waals surface area contributed by atoms with Crippen molar-refractivity contribution >= 4 is 17.5 Å². The molecule has 0 aliphatic carbocycles. The average Bonchev–Trinajstić information content (AvgIpc) is 3.06. The van der Waals surface area contributed by atoms with Crippen LogP contribution in [0.4, 0.5) is 18.9 Å². The van der Waals surface area contributed by atoms with Crippen LogP contribution in [0.2, 0.25) is 0 Å². The molecule has 0 saturated carbocycles. The predicted octanol–water partition coefficient (Wildman–Crippen LogP) is 3.00. The Hall–Kier alpha value is -2.09. The number of carbonyl (C=O) groups is 2. The summed E-state index contributed by atoms with van der Waals surface area (Å²) in [6.07, 6.45) is -3.66. The molecule has 2 heterocycles. The van der Waals surface area contributed by atoms with E-state index in [1.165, 1.54) is 11.0 Å². The monoisotopic (exact) mass is 383 g/mol. The Morgan fingerprint density at radius 1 is 1.04 bits per heavy atom. The zero-order chi connectivity index (χ0) is 19.8. The van der Waals surface area contributed by atoms with Gasteiger partial charge in [0, 0.05) is 56.4 Å². The normalized spacial score (nSPS) is 19.3. The summed E-state index contributed by atoms with van der Waals surface area (Å²) in [5.74, 6) is -0.629. The van der Waals surface area contributed by atoms with E-state index in [0.717, 1.165) is 12.1 Å². The molecule has 1 aromatic rings. The van der Waals surface area contributed by atoms with E-state index in [1.54, 1.807) is 4.90 Å². The van der Waals surface area contributed by atoms with Crippen LogP contribution in [0.1, 0.15) is 42.6 Å². The van der Waals surface area contributed by atoms with Crippen molar-refractivity contribution < 1.29 is 22.8 Å². The summed E-state index contributed by atoms with van der Waals surface area (Å²) in [6, 6.07) is 3.62. The van der Waals surface area contributed by atoms with Crippen LogP contribution in [0, 0.1) is 0 Å². The van der Waals surface area contributed by atoms with Gasteiger partial charge in [0.15, 0.2) is 0 Å². The van der Waals surface area contributed by atoms with E-state index < -0.39 is 17.6 Å². The Morgan fingerprint density at radius 3 is 2.22 bits per heavy atom. The molecule has 2 amide bonds. The SMILES string of the molecule is CC(C)N1CCN(C(=O)c2cc(N3CCCC3=O)cc(C(F)(F)F)c2)CC1. The van der Waals surface area contributed by atoms with Crippen molar-refractivity contribution in [1.29, 1.82) is 0 Å². The molecule has 8 heteroatoms. The second-order valence-corrected chi connectivity index (χ2v) is 7.34. The number of anilines is 1. The molecule has 0 unspecified atom stereocenters. The third kappa shape index (κ3) is 4.26. The molecule has 5 nitrogen and oxygen atoms in total. The summed E-state index contributed by atoms with van der Waals surface area (Å²) in [4.78, 5) is 30.0. The highest BCUT2D eigenvalue weighted by molar-refractivity contribution is 5.99. The third-order valence-electron chi connectivity index (χ3n) is 5.21. The zero-order valence-electron chi connectivity index (χ0n) is 15.6. The molecule has 0 spiro atoms. The van der Waals surface area contributed by atoms with Gasteiger partial charge in [-0.2, -0.15) is 13.2 Å².